The Morgan fingerprint density at radius 3 is 1.58 bits per heavy atom. The van der Waals surface area contributed by atoms with Crippen molar-refractivity contribution in [3.05, 3.63) is 89.5 Å². The lowest BCUT2D eigenvalue weighted by atomic mass is 10.0. The van der Waals surface area contributed by atoms with Gasteiger partial charge in [-0.15, -0.1) is 0 Å². The number of para-hydroxylation sites is 3. The Balaban J connectivity index is 0.000000525. The average molecular weight is 497 g/mol. The fourth-order valence-corrected chi connectivity index (χ4v) is 3.21. The molecular formula is C30H40O6. The summed E-state index contributed by atoms with van der Waals surface area (Å²) in [6, 6.07) is 20.7. The van der Waals surface area contributed by atoms with E-state index < -0.39 is 5.97 Å². The second-order valence-electron chi connectivity index (χ2n) is 8.11. The lowest BCUT2D eigenvalue weighted by Gasteiger charge is -2.04. The van der Waals surface area contributed by atoms with Crippen LogP contribution in [0.1, 0.15) is 73.4 Å². The van der Waals surface area contributed by atoms with Crippen LogP contribution >= 0.6 is 0 Å². The van der Waals surface area contributed by atoms with Crippen LogP contribution in [0.15, 0.2) is 72.8 Å². The predicted octanol–water partition coefficient (Wildman–Crippen LogP) is 7.29. The van der Waals surface area contributed by atoms with Crippen LogP contribution in [0, 0.1) is 6.92 Å². The largest absolute Gasteiger partial charge is 0.508 e. The molecule has 0 aliphatic carbocycles. The van der Waals surface area contributed by atoms with Crippen LogP contribution in [-0.4, -0.2) is 33.2 Å². The molecule has 6 nitrogen and oxygen atoms in total. The van der Waals surface area contributed by atoms with Gasteiger partial charge in [-0.25, -0.2) is 4.79 Å². The highest BCUT2D eigenvalue weighted by Gasteiger charge is 2.05. The number of aromatic carboxylic acids is 1. The van der Waals surface area contributed by atoms with E-state index in [9.17, 15) is 9.90 Å². The summed E-state index contributed by atoms with van der Waals surface area (Å²) in [6.07, 6.45) is 10.3. The van der Waals surface area contributed by atoms with E-state index in [0.29, 0.717) is 11.5 Å². The topological polar surface area (TPSA) is 115 Å². The number of phenols is 3. The van der Waals surface area contributed by atoms with Crippen molar-refractivity contribution in [3.8, 4) is 17.2 Å². The molecule has 196 valence electrons. The molecule has 0 aliphatic heterocycles. The normalized spacial score (nSPS) is 9.39. The van der Waals surface area contributed by atoms with Crippen LogP contribution in [-0.2, 0) is 11.2 Å². The molecule has 0 heterocycles. The molecule has 0 spiro atoms. The van der Waals surface area contributed by atoms with Gasteiger partial charge >= 0.3 is 5.97 Å². The second kappa shape index (κ2) is 20.6. The van der Waals surface area contributed by atoms with Gasteiger partial charge in [0.05, 0.1) is 0 Å². The predicted molar refractivity (Wildman–Crippen MR) is 145 cm³/mol. The molecule has 0 fully saturated rings. The molecule has 36 heavy (non-hydrogen) atoms. The number of carboxylic acids is 1. The highest BCUT2D eigenvalue weighted by Crippen LogP contribution is 2.19. The van der Waals surface area contributed by atoms with Gasteiger partial charge in [0.25, 0.3) is 0 Å². The maximum absolute atomic E-state index is 10.3. The number of unbranched alkanes of at least 4 members (excludes halogenated alkanes) is 6. The second-order valence-corrected chi connectivity index (χ2v) is 8.11. The number of carboxylic acid groups (broad SMARTS) is 1. The van der Waals surface area contributed by atoms with Crippen LogP contribution in [0.2, 0.25) is 0 Å². The molecule has 0 aliphatic rings. The molecule has 3 rings (SSSR count). The van der Waals surface area contributed by atoms with E-state index in [1.807, 2.05) is 50.1 Å². The maximum atomic E-state index is 10.3. The minimum atomic E-state index is -1.11. The van der Waals surface area contributed by atoms with E-state index in [0.717, 1.165) is 17.5 Å². The van der Waals surface area contributed by atoms with Gasteiger partial charge in [0, 0.05) is 0 Å². The van der Waals surface area contributed by atoms with E-state index in [1.54, 1.807) is 24.3 Å². The summed E-state index contributed by atoms with van der Waals surface area (Å²) in [4.78, 5) is 18.3. The summed E-state index contributed by atoms with van der Waals surface area (Å²) in [5, 5.41) is 35.8. The van der Waals surface area contributed by atoms with Crippen molar-refractivity contribution in [2.75, 3.05) is 0 Å². The van der Waals surface area contributed by atoms with E-state index in [2.05, 4.69) is 6.92 Å². The third-order valence-corrected chi connectivity index (χ3v) is 5.29. The molecule has 4 N–H and O–H groups in total. The first-order valence-corrected chi connectivity index (χ1v) is 12.2. The van der Waals surface area contributed by atoms with Crippen molar-refractivity contribution >= 4 is 12.8 Å². The molecule has 3 aromatic carbocycles. The van der Waals surface area contributed by atoms with Gasteiger partial charge in [-0.1, -0.05) is 94.0 Å². The van der Waals surface area contributed by atoms with Crippen molar-refractivity contribution in [2.45, 2.75) is 65.2 Å². The van der Waals surface area contributed by atoms with E-state index in [1.165, 1.54) is 57.1 Å². The van der Waals surface area contributed by atoms with Crippen molar-refractivity contribution in [1.82, 2.24) is 0 Å². The summed E-state index contributed by atoms with van der Waals surface area (Å²) < 4.78 is 0. The Morgan fingerprint density at radius 1 is 0.667 bits per heavy atom. The van der Waals surface area contributed by atoms with Crippen molar-refractivity contribution in [1.29, 1.82) is 0 Å². The molecule has 0 atom stereocenters. The standard InChI is InChI=1S/C15H24O.C7H6O3.C7H8O.CH2O/c1-2-3-4-5-6-7-8-11-14-12-9-10-13-15(14)16;8-6-4-2-1-3-5(6)7(9)10;1-6-4-2-3-5-7(6)8;1-2/h9-10,12-13,16H,2-8,11H2,1H3;1-4,8H,(H,9,10);2-5,8H,1H3;1H2. The Hall–Kier alpha value is -3.80. The molecule has 0 amide bonds. The molecule has 0 radical (unpaired) electrons. The number of aromatic hydroxyl groups is 3. The highest BCUT2D eigenvalue weighted by molar-refractivity contribution is 5.90. The minimum Gasteiger partial charge on any atom is -0.508 e. The molecule has 0 bridgehead atoms. The summed E-state index contributed by atoms with van der Waals surface area (Å²) in [5.74, 6) is -0.492. The third kappa shape index (κ3) is 14.5. The molecule has 0 unspecified atom stereocenters. The molecule has 0 saturated carbocycles. The number of phenolic OH excluding ortho intramolecular Hbond substituents is 2. The summed E-state index contributed by atoms with van der Waals surface area (Å²) in [7, 11) is 0. The van der Waals surface area contributed by atoms with Crippen molar-refractivity contribution < 1.29 is 30.0 Å². The Morgan fingerprint density at radius 2 is 1.14 bits per heavy atom. The quantitative estimate of drug-likeness (QED) is 0.231. The first-order valence-electron chi connectivity index (χ1n) is 12.2. The number of benzene rings is 3. The molecular weight excluding hydrogens is 456 g/mol. The number of hydrogen-bond acceptors (Lipinski definition) is 5. The zero-order valence-corrected chi connectivity index (χ0v) is 21.4. The molecule has 3 aromatic rings. The van der Waals surface area contributed by atoms with E-state index in [-0.39, 0.29) is 11.3 Å². The Labute approximate surface area is 214 Å². The Kier molecular flexibility index (Phi) is 18.4. The monoisotopic (exact) mass is 496 g/mol. The zero-order valence-electron chi connectivity index (χ0n) is 21.4. The minimum absolute atomic E-state index is 0.0671. The fraction of sp³-hybridized carbons (Fsp3) is 0.333. The Bertz CT molecular complexity index is 965. The lowest BCUT2D eigenvalue weighted by Crippen LogP contribution is -1.95. The van der Waals surface area contributed by atoms with Gasteiger partial charge in [0.2, 0.25) is 0 Å². The van der Waals surface area contributed by atoms with Gasteiger partial charge < -0.3 is 25.2 Å². The van der Waals surface area contributed by atoms with Crippen LogP contribution in [0.5, 0.6) is 17.2 Å². The van der Waals surface area contributed by atoms with Crippen molar-refractivity contribution in [2.24, 2.45) is 0 Å². The average Bonchev–Trinajstić information content (AvgIpc) is 2.88. The van der Waals surface area contributed by atoms with E-state index in [4.69, 9.17) is 20.1 Å². The zero-order chi connectivity index (χ0) is 27.2. The number of carbonyl (C=O) groups is 2. The van der Waals surface area contributed by atoms with Crippen molar-refractivity contribution in [3.63, 3.8) is 0 Å². The molecule has 0 aromatic heterocycles. The lowest BCUT2D eigenvalue weighted by molar-refractivity contribution is -0.0980. The van der Waals surface area contributed by atoms with Crippen LogP contribution in [0.3, 0.4) is 0 Å². The van der Waals surface area contributed by atoms with Gasteiger partial charge in [-0.3, -0.25) is 0 Å². The molecule has 0 saturated heterocycles. The number of hydrogen-bond donors (Lipinski definition) is 4. The summed E-state index contributed by atoms with van der Waals surface area (Å²) in [6.45, 7) is 6.12. The third-order valence-electron chi connectivity index (χ3n) is 5.29. The van der Waals surface area contributed by atoms with Crippen LogP contribution in [0.4, 0.5) is 0 Å². The maximum Gasteiger partial charge on any atom is 0.339 e. The van der Waals surface area contributed by atoms with Crippen LogP contribution in [0.25, 0.3) is 0 Å². The molecule has 6 heteroatoms. The van der Waals surface area contributed by atoms with Gasteiger partial charge in [-0.2, -0.15) is 0 Å². The fourth-order valence-electron chi connectivity index (χ4n) is 3.21. The number of rotatable bonds is 9. The SMILES string of the molecule is C=O.CCCCCCCCCc1ccccc1O.Cc1ccccc1O.O=C(O)c1ccccc1O. The number of carbonyl (C=O) groups excluding carboxylic acids is 1. The smallest absolute Gasteiger partial charge is 0.339 e. The first-order chi connectivity index (χ1) is 17.4. The van der Waals surface area contributed by atoms with Gasteiger partial charge in [-0.05, 0) is 55.2 Å². The highest BCUT2D eigenvalue weighted by atomic mass is 16.4. The summed E-state index contributed by atoms with van der Waals surface area (Å²) in [5.41, 5.74) is 1.95. The van der Waals surface area contributed by atoms with Gasteiger partial charge in [0.15, 0.2) is 0 Å². The first kappa shape index (κ1) is 32.2. The van der Waals surface area contributed by atoms with Crippen LogP contribution < -0.4 is 0 Å². The number of aryl methyl sites for hydroxylation is 2. The van der Waals surface area contributed by atoms with Gasteiger partial charge in [0.1, 0.15) is 29.6 Å². The summed E-state index contributed by atoms with van der Waals surface area (Å²) >= 11 is 0. The van der Waals surface area contributed by atoms with E-state index >= 15 is 0 Å².